The van der Waals surface area contributed by atoms with Crippen molar-refractivity contribution in [2.24, 2.45) is 5.41 Å². The third-order valence-corrected chi connectivity index (χ3v) is 8.59. The lowest BCUT2D eigenvalue weighted by atomic mass is 9.56. The zero-order chi connectivity index (χ0) is 26.8. The molecular weight excluding hydrogens is 508 g/mol. The minimum Gasteiger partial charge on any atom is -0.324 e. The van der Waals surface area contributed by atoms with E-state index in [1.165, 1.54) is 24.3 Å². The van der Waals surface area contributed by atoms with Crippen molar-refractivity contribution in [3.05, 3.63) is 106 Å². The Bertz CT molecular complexity index is 1490. The average Bonchev–Trinajstić information content (AvgIpc) is 3.32. The second kappa shape index (κ2) is 8.83. The molecule has 0 unspecified atom stereocenters. The molecular formula is C30H26ClF2N3O2. The number of likely N-dealkylation sites (tertiary alicyclic amines) is 2. The van der Waals surface area contributed by atoms with Gasteiger partial charge in [-0.25, -0.2) is 8.78 Å². The van der Waals surface area contributed by atoms with Crippen LogP contribution in [0.25, 0.3) is 6.08 Å². The molecule has 3 heterocycles. The number of Topliss-reactive ketones (excluding diaryl/α,β-unsaturated/α-hetero) is 1. The second-order valence-corrected chi connectivity index (χ2v) is 11.0. The zero-order valence-electron chi connectivity index (χ0n) is 21.0. The number of hydrogen-bond donors (Lipinski definition) is 1. The van der Waals surface area contributed by atoms with Crippen LogP contribution in [0.4, 0.5) is 14.5 Å². The number of likely N-dealkylation sites (N-methyl/N-ethyl adjacent to an activating group) is 2. The number of piperidine rings is 1. The maximum Gasteiger partial charge on any atom is 0.250 e. The molecule has 1 amide bonds. The first-order valence-electron chi connectivity index (χ1n) is 12.4. The largest absolute Gasteiger partial charge is 0.324 e. The van der Waals surface area contributed by atoms with E-state index in [1.807, 2.05) is 23.9 Å². The summed E-state index contributed by atoms with van der Waals surface area (Å²) in [5, 5.41) is 3.48. The number of ketones is 1. The highest BCUT2D eigenvalue weighted by Gasteiger charge is 2.74. The summed E-state index contributed by atoms with van der Waals surface area (Å²) in [6, 6.07) is 17.4. The van der Waals surface area contributed by atoms with Crippen LogP contribution < -0.4 is 5.32 Å². The first-order valence-corrected chi connectivity index (χ1v) is 12.8. The molecule has 3 atom stereocenters. The van der Waals surface area contributed by atoms with Crippen LogP contribution in [0.3, 0.4) is 0 Å². The number of amides is 1. The van der Waals surface area contributed by atoms with Gasteiger partial charge in [0.1, 0.15) is 17.2 Å². The van der Waals surface area contributed by atoms with Crippen LogP contribution in [0.5, 0.6) is 0 Å². The quantitative estimate of drug-likeness (QED) is 0.467. The molecule has 2 fully saturated rings. The van der Waals surface area contributed by atoms with E-state index in [-0.39, 0.29) is 23.3 Å². The first-order chi connectivity index (χ1) is 18.2. The lowest BCUT2D eigenvalue weighted by molar-refractivity contribution is -0.146. The summed E-state index contributed by atoms with van der Waals surface area (Å²) in [5.41, 5.74) is 0.678. The Balaban J connectivity index is 1.63. The predicted molar refractivity (Wildman–Crippen MR) is 143 cm³/mol. The highest BCUT2D eigenvalue weighted by atomic mass is 35.5. The molecule has 0 aliphatic carbocycles. The highest BCUT2D eigenvalue weighted by molar-refractivity contribution is 6.31. The third kappa shape index (κ3) is 3.42. The van der Waals surface area contributed by atoms with E-state index in [0.29, 0.717) is 47.0 Å². The fourth-order valence-electron chi connectivity index (χ4n) is 6.95. The van der Waals surface area contributed by atoms with E-state index in [9.17, 15) is 18.4 Å². The summed E-state index contributed by atoms with van der Waals surface area (Å²) in [6.07, 6.45) is 1.78. The molecule has 2 saturated heterocycles. The number of halogens is 3. The Kier molecular flexibility index (Phi) is 5.79. The molecule has 0 saturated carbocycles. The summed E-state index contributed by atoms with van der Waals surface area (Å²) < 4.78 is 27.5. The van der Waals surface area contributed by atoms with Crippen molar-refractivity contribution in [1.29, 1.82) is 0 Å². The summed E-state index contributed by atoms with van der Waals surface area (Å²) in [6.45, 7) is 1.07. The van der Waals surface area contributed by atoms with E-state index in [1.54, 1.807) is 48.5 Å². The van der Waals surface area contributed by atoms with E-state index in [4.69, 9.17) is 11.6 Å². The molecule has 0 aromatic heterocycles. The van der Waals surface area contributed by atoms with Crippen molar-refractivity contribution in [3.8, 4) is 0 Å². The molecule has 8 heteroatoms. The molecule has 2 spiro atoms. The number of rotatable bonds is 2. The number of nitrogens with one attached hydrogen (secondary N) is 1. The number of fused-ring (bicyclic) bond motifs is 3. The number of hydrogen-bond acceptors (Lipinski definition) is 4. The molecule has 1 N–H and O–H groups in total. The van der Waals surface area contributed by atoms with Gasteiger partial charge < -0.3 is 10.2 Å². The summed E-state index contributed by atoms with van der Waals surface area (Å²) in [4.78, 5) is 33.0. The zero-order valence-corrected chi connectivity index (χ0v) is 21.7. The van der Waals surface area contributed by atoms with Crippen molar-refractivity contribution in [2.45, 2.75) is 11.5 Å². The van der Waals surface area contributed by atoms with Crippen LogP contribution in [0, 0.1) is 17.0 Å². The minimum atomic E-state index is -1.35. The molecule has 3 aliphatic rings. The van der Waals surface area contributed by atoms with Crippen molar-refractivity contribution < 1.29 is 18.4 Å². The predicted octanol–water partition coefficient (Wildman–Crippen LogP) is 5.08. The fraction of sp³-hybridized carbons (Fsp3) is 0.267. The summed E-state index contributed by atoms with van der Waals surface area (Å²) in [7, 11) is 3.78. The van der Waals surface area contributed by atoms with Crippen LogP contribution in [0.1, 0.15) is 22.6 Å². The van der Waals surface area contributed by atoms with Gasteiger partial charge in [0.15, 0.2) is 5.78 Å². The van der Waals surface area contributed by atoms with Gasteiger partial charge >= 0.3 is 0 Å². The van der Waals surface area contributed by atoms with Crippen LogP contribution >= 0.6 is 11.6 Å². The lowest BCUT2D eigenvalue weighted by Gasteiger charge is -2.50. The third-order valence-electron chi connectivity index (χ3n) is 8.36. The highest BCUT2D eigenvalue weighted by Crippen LogP contribution is 2.64. The number of carbonyl (C=O) groups is 2. The normalized spacial score (nSPS) is 28.4. The molecule has 3 aromatic carbocycles. The number of carbonyl (C=O) groups excluding carboxylic acids is 2. The number of nitrogens with zero attached hydrogens (tertiary/aromatic N) is 2. The van der Waals surface area contributed by atoms with Gasteiger partial charge in [0.2, 0.25) is 0 Å². The monoisotopic (exact) mass is 533 g/mol. The van der Waals surface area contributed by atoms with E-state index in [2.05, 4.69) is 5.32 Å². The van der Waals surface area contributed by atoms with Crippen LogP contribution in [0.15, 0.2) is 72.3 Å². The van der Waals surface area contributed by atoms with Gasteiger partial charge in [-0.15, -0.1) is 0 Å². The lowest BCUT2D eigenvalue weighted by Crippen LogP contribution is -2.65. The Morgan fingerprint density at radius 1 is 0.974 bits per heavy atom. The summed E-state index contributed by atoms with van der Waals surface area (Å²) in [5.74, 6) is -1.59. The number of anilines is 1. The molecule has 3 aliphatic heterocycles. The van der Waals surface area contributed by atoms with E-state index >= 15 is 0 Å². The molecule has 194 valence electrons. The maximum absolute atomic E-state index is 14.9. The van der Waals surface area contributed by atoms with Crippen molar-refractivity contribution in [2.75, 3.05) is 39.0 Å². The summed E-state index contributed by atoms with van der Waals surface area (Å²) >= 11 is 6.46. The van der Waals surface area contributed by atoms with Crippen molar-refractivity contribution >= 4 is 35.1 Å². The molecule has 0 radical (unpaired) electrons. The van der Waals surface area contributed by atoms with Crippen molar-refractivity contribution in [3.63, 3.8) is 0 Å². The van der Waals surface area contributed by atoms with Crippen molar-refractivity contribution in [1.82, 2.24) is 9.80 Å². The SMILES string of the molecule is CN1C/C(=C\c2ccc(F)cc2)C(=O)[C@@]2(C1)[C@H](c1ccc(F)cc1)CN(C)[C@]21C(=O)Nc2ccc(Cl)cc21. The average molecular weight is 534 g/mol. The second-order valence-electron chi connectivity index (χ2n) is 10.5. The van der Waals surface area contributed by atoms with Gasteiger partial charge in [0.25, 0.3) is 5.91 Å². The Labute approximate surface area is 224 Å². The van der Waals surface area contributed by atoms with Gasteiger partial charge in [-0.05, 0) is 73.8 Å². The minimum absolute atomic E-state index is 0.151. The van der Waals surface area contributed by atoms with Crippen LogP contribution in [-0.2, 0) is 15.1 Å². The number of benzene rings is 3. The van der Waals surface area contributed by atoms with Gasteiger partial charge in [-0.3, -0.25) is 14.5 Å². The van der Waals surface area contributed by atoms with Gasteiger partial charge in [-0.2, -0.15) is 0 Å². The van der Waals surface area contributed by atoms with E-state index < -0.39 is 16.9 Å². The Hall–Kier alpha value is -3.39. The van der Waals surface area contributed by atoms with Crippen LogP contribution in [0.2, 0.25) is 5.02 Å². The molecule has 3 aromatic rings. The molecule has 5 nitrogen and oxygen atoms in total. The Morgan fingerprint density at radius 2 is 1.63 bits per heavy atom. The first kappa shape index (κ1) is 24.9. The standard InChI is InChI=1S/C30H26ClF2N3O2/c1-35-15-20(13-18-3-8-22(32)9-4-18)27(37)29(17-35)25(19-5-10-23(33)11-6-19)16-36(2)30(29)24-14-21(31)7-12-26(24)34-28(30)38/h3-14,25H,15-17H2,1-2H3,(H,34,38)/b20-13+/t25-,29+,30+/m0/s1. The topological polar surface area (TPSA) is 52.7 Å². The Morgan fingerprint density at radius 3 is 2.32 bits per heavy atom. The molecule has 38 heavy (non-hydrogen) atoms. The van der Waals surface area contributed by atoms with Gasteiger partial charge in [0, 0.05) is 47.4 Å². The smallest absolute Gasteiger partial charge is 0.250 e. The molecule has 0 bridgehead atoms. The van der Waals surface area contributed by atoms with Crippen LogP contribution in [-0.4, -0.2) is 55.2 Å². The van der Waals surface area contributed by atoms with Gasteiger partial charge in [-0.1, -0.05) is 35.9 Å². The van der Waals surface area contributed by atoms with E-state index in [0.717, 1.165) is 5.56 Å². The maximum atomic E-state index is 14.9. The van der Waals surface area contributed by atoms with Gasteiger partial charge in [0.05, 0.1) is 5.41 Å². The molecule has 6 rings (SSSR count). The fourth-order valence-corrected chi connectivity index (χ4v) is 7.12.